The van der Waals surface area contributed by atoms with E-state index in [1.165, 1.54) is 0 Å². The first kappa shape index (κ1) is 11.0. The summed E-state index contributed by atoms with van der Waals surface area (Å²) in [5.41, 5.74) is -1.10. The van der Waals surface area contributed by atoms with Gasteiger partial charge in [-0.3, -0.25) is 14.9 Å². The molecule has 0 aromatic rings. The van der Waals surface area contributed by atoms with E-state index < -0.39 is 22.4 Å². The number of ketones is 1. The molecule has 0 atom stereocenters. The van der Waals surface area contributed by atoms with E-state index in [0.717, 1.165) is 0 Å². The highest BCUT2D eigenvalue weighted by atomic mass is 16.6. The van der Waals surface area contributed by atoms with Crippen molar-refractivity contribution in [3.8, 4) is 0 Å². The molecule has 0 amide bonds. The fourth-order valence-corrected chi connectivity index (χ4v) is 0.519. The van der Waals surface area contributed by atoms with Crippen molar-refractivity contribution in [2.75, 3.05) is 0 Å². The van der Waals surface area contributed by atoms with Gasteiger partial charge in [-0.15, -0.1) is 0 Å². The first-order valence-corrected chi connectivity index (χ1v) is 3.06. The monoisotopic (exact) mass is 187 g/mol. The lowest BCUT2D eigenvalue weighted by atomic mass is 10.2. The number of carboxylic acid groups (broad SMARTS) is 1. The van der Waals surface area contributed by atoms with E-state index in [1.54, 1.807) is 0 Å². The van der Waals surface area contributed by atoms with Crippen LogP contribution in [-0.4, -0.2) is 28.1 Å². The Bertz CT molecular complexity index is 291. The van der Waals surface area contributed by atoms with Crippen LogP contribution in [0.15, 0.2) is 11.8 Å². The molecule has 0 aliphatic heterocycles. The van der Waals surface area contributed by atoms with Crippen molar-refractivity contribution in [3.63, 3.8) is 0 Å². The molecule has 0 saturated carbocycles. The van der Waals surface area contributed by atoms with E-state index in [0.29, 0.717) is 12.4 Å². The van der Waals surface area contributed by atoms with Crippen molar-refractivity contribution in [2.24, 2.45) is 0 Å². The number of carbonyl (C=O) groups is 3. The second-order valence-corrected chi connectivity index (χ2v) is 1.88. The smallest absolute Gasteiger partial charge is 0.384 e. The Morgan fingerprint density at radius 3 is 2.31 bits per heavy atom. The highest BCUT2D eigenvalue weighted by Gasteiger charge is 2.27. The van der Waals surface area contributed by atoms with Crippen LogP contribution in [0.25, 0.3) is 0 Å². The van der Waals surface area contributed by atoms with Gasteiger partial charge >= 0.3 is 17.4 Å². The molecule has 0 rings (SSSR count). The summed E-state index contributed by atoms with van der Waals surface area (Å²) in [5.74, 6) is -3.55. The second kappa shape index (κ2) is 4.75. The van der Waals surface area contributed by atoms with E-state index in [-0.39, 0.29) is 6.42 Å². The molecule has 0 aliphatic rings. The van der Waals surface area contributed by atoms with Crippen LogP contribution in [0.1, 0.15) is 6.42 Å². The SMILES string of the molecule is O=CCC=C(C(=O)C(=O)O)[N+](=O)[O-]. The van der Waals surface area contributed by atoms with E-state index >= 15 is 0 Å². The minimum atomic E-state index is -1.92. The first-order chi connectivity index (χ1) is 6.00. The van der Waals surface area contributed by atoms with E-state index in [1.807, 2.05) is 0 Å². The topological polar surface area (TPSA) is 115 Å². The number of rotatable bonds is 5. The molecule has 0 fully saturated rings. The van der Waals surface area contributed by atoms with E-state index in [4.69, 9.17) is 5.11 Å². The van der Waals surface area contributed by atoms with Crippen LogP contribution in [-0.2, 0) is 14.4 Å². The Hall–Kier alpha value is -2.05. The largest absolute Gasteiger partial charge is 0.475 e. The molecule has 7 nitrogen and oxygen atoms in total. The number of aliphatic carboxylic acids is 1. The zero-order valence-corrected chi connectivity index (χ0v) is 6.30. The third-order valence-electron chi connectivity index (χ3n) is 1.03. The molecule has 0 bridgehead atoms. The van der Waals surface area contributed by atoms with Gasteiger partial charge in [0.2, 0.25) is 0 Å². The van der Waals surface area contributed by atoms with Gasteiger partial charge in [-0.05, 0) is 0 Å². The standard InChI is InChI=1S/C6H5NO6/c8-3-1-2-4(7(12)13)5(9)6(10)11/h2-3H,1H2,(H,10,11). The van der Waals surface area contributed by atoms with Crippen molar-refractivity contribution in [1.29, 1.82) is 0 Å². The molecule has 0 saturated heterocycles. The Balaban J connectivity index is 4.81. The summed E-state index contributed by atoms with van der Waals surface area (Å²) < 4.78 is 0. The number of nitrogens with zero attached hydrogens (tertiary/aromatic N) is 1. The molecule has 0 radical (unpaired) electrons. The zero-order valence-electron chi connectivity index (χ0n) is 6.30. The van der Waals surface area contributed by atoms with Crippen LogP contribution in [0.5, 0.6) is 0 Å². The predicted molar refractivity (Wildman–Crippen MR) is 38.4 cm³/mol. The fourth-order valence-electron chi connectivity index (χ4n) is 0.519. The van der Waals surface area contributed by atoms with Crippen molar-refractivity contribution in [1.82, 2.24) is 0 Å². The molecule has 7 heteroatoms. The number of hydrogen-bond acceptors (Lipinski definition) is 5. The summed E-state index contributed by atoms with van der Waals surface area (Å²) in [4.78, 5) is 39.3. The van der Waals surface area contributed by atoms with Gasteiger partial charge < -0.3 is 9.90 Å². The number of hydrogen-bond donors (Lipinski definition) is 1. The number of carbonyl (C=O) groups excluding carboxylic acids is 2. The normalized spacial score (nSPS) is 10.6. The molecule has 0 unspecified atom stereocenters. The number of aldehydes is 1. The maximum atomic E-state index is 10.6. The number of carboxylic acids is 1. The quantitative estimate of drug-likeness (QED) is 0.202. The minimum Gasteiger partial charge on any atom is -0.475 e. The van der Waals surface area contributed by atoms with Crippen molar-refractivity contribution < 1.29 is 24.4 Å². The molecule has 70 valence electrons. The van der Waals surface area contributed by atoms with Crippen LogP contribution < -0.4 is 0 Å². The van der Waals surface area contributed by atoms with Crippen molar-refractivity contribution >= 4 is 18.0 Å². The molecule has 0 aromatic heterocycles. The van der Waals surface area contributed by atoms with Crippen LogP contribution in [0.3, 0.4) is 0 Å². The Labute approximate surface area is 71.8 Å². The summed E-state index contributed by atoms with van der Waals surface area (Å²) in [6.07, 6.45) is 0.609. The third-order valence-corrected chi connectivity index (χ3v) is 1.03. The highest BCUT2D eigenvalue weighted by molar-refractivity contribution is 6.38. The maximum Gasteiger partial charge on any atom is 0.384 e. The highest BCUT2D eigenvalue weighted by Crippen LogP contribution is 1.99. The van der Waals surface area contributed by atoms with Gasteiger partial charge in [-0.25, -0.2) is 4.79 Å². The number of nitro groups is 1. The lowest BCUT2D eigenvalue weighted by Crippen LogP contribution is -2.20. The summed E-state index contributed by atoms with van der Waals surface area (Å²) in [6.45, 7) is 0. The molecule has 0 heterocycles. The Morgan fingerprint density at radius 2 is 2.00 bits per heavy atom. The average molecular weight is 187 g/mol. The van der Waals surface area contributed by atoms with Gasteiger partial charge in [0, 0.05) is 12.5 Å². The molecule has 0 spiro atoms. The van der Waals surface area contributed by atoms with Gasteiger partial charge in [0.1, 0.15) is 6.29 Å². The molecular formula is C6H5NO6. The van der Waals surface area contributed by atoms with Gasteiger partial charge in [0.05, 0.1) is 4.92 Å². The van der Waals surface area contributed by atoms with Gasteiger partial charge in [-0.2, -0.15) is 0 Å². The van der Waals surface area contributed by atoms with Gasteiger partial charge in [-0.1, -0.05) is 0 Å². The van der Waals surface area contributed by atoms with Crippen LogP contribution in [0, 0.1) is 10.1 Å². The van der Waals surface area contributed by atoms with Gasteiger partial charge in [0.15, 0.2) is 0 Å². The van der Waals surface area contributed by atoms with Gasteiger partial charge in [0.25, 0.3) is 0 Å². The second-order valence-electron chi connectivity index (χ2n) is 1.88. The summed E-state index contributed by atoms with van der Waals surface area (Å²) in [5, 5.41) is 18.2. The van der Waals surface area contributed by atoms with Crippen LogP contribution in [0.2, 0.25) is 0 Å². The third kappa shape index (κ3) is 3.23. The predicted octanol–water partition coefficient (Wildman–Crippen LogP) is -0.610. The lowest BCUT2D eigenvalue weighted by molar-refractivity contribution is -0.418. The Morgan fingerprint density at radius 1 is 1.46 bits per heavy atom. The minimum absolute atomic E-state index is 0.318. The molecule has 1 N–H and O–H groups in total. The van der Waals surface area contributed by atoms with Crippen molar-refractivity contribution in [2.45, 2.75) is 6.42 Å². The lowest BCUT2D eigenvalue weighted by Gasteiger charge is -1.91. The maximum absolute atomic E-state index is 10.6. The van der Waals surface area contributed by atoms with Crippen molar-refractivity contribution in [3.05, 3.63) is 21.9 Å². The van der Waals surface area contributed by atoms with E-state index in [2.05, 4.69) is 0 Å². The summed E-state index contributed by atoms with van der Waals surface area (Å²) in [6, 6.07) is 0. The number of allylic oxidation sites excluding steroid dienone is 1. The zero-order chi connectivity index (χ0) is 10.4. The first-order valence-electron chi connectivity index (χ1n) is 3.06. The van der Waals surface area contributed by atoms with Crippen LogP contribution >= 0.6 is 0 Å². The Kier molecular flexibility index (Phi) is 4.00. The molecular weight excluding hydrogens is 182 g/mol. The van der Waals surface area contributed by atoms with E-state index in [9.17, 15) is 24.5 Å². The van der Waals surface area contributed by atoms with Crippen LogP contribution in [0.4, 0.5) is 0 Å². The average Bonchev–Trinajstić information content (AvgIpc) is 2.04. The molecule has 0 aromatic carbocycles. The summed E-state index contributed by atoms with van der Waals surface area (Å²) >= 11 is 0. The molecule has 0 aliphatic carbocycles. The number of Topliss-reactive ketones (excluding diaryl/α,β-unsaturated/α-hetero) is 1. The molecule has 13 heavy (non-hydrogen) atoms. The summed E-state index contributed by atoms with van der Waals surface area (Å²) in [7, 11) is 0. The fraction of sp³-hybridized carbons (Fsp3) is 0.167.